The number of carbonyl (C=O) groups is 1. The average molecular weight is 313 g/mol. The first-order chi connectivity index (χ1) is 9.54. The van der Waals surface area contributed by atoms with Gasteiger partial charge < -0.3 is 0 Å². The summed E-state index contributed by atoms with van der Waals surface area (Å²) in [4.78, 5) is 17.0. The smallest absolute Gasteiger partial charge is 0.193 e. The number of halogens is 3. The number of hydrogen-bond donors (Lipinski definition) is 0. The van der Waals surface area contributed by atoms with Crippen molar-refractivity contribution in [3.05, 3.63) is 57.8 Å². The zero-order chi connectivity index (χ0) is 14.3. The van der Waals surface area contributed by atoms with Gasteiger partial charge in [-0.1, -0.05) is 11.6 Å². The summed E-state index contributed by atoms with van der Waals surface area (Å²) in [5, 5.41) is 1.52. The van der Waals surface area contributed by atoms with Crippen LogP contribution >= 0.6 is 22.9 Å². The zero-order valence-corrected chi connectivity index (χ0v) is 11.5. The predicted molar refractivity (Wildman–Crippen MR) is 72.5 cm³/mol. The van der Waals surface area contributed by atoms with Gasteiger partial charge in [-0.05, 0) is 12.1 Å². The van der Waals surface area contributed by atoms with E-state index in [1.165, 1.54) is 11.3 Å². The number of thiazole rings is 1. The highest BCUT2D eigenvalue weighted by Gasteiger charge is 2.17. The molecule has 3 nitrogen and oxygen atoms in total. The summed E-state index contributed by atoms with van der Waals surface area (Å²) in [7, 11) is 0. The fourth-order valence-electron chi connectivity index (χ4n) is 1.86. The van der Waals surface area contributed by atoms with Gasteiger partial charge in [-0.15, -0.1) is 11.3 Å². The molecular weight excluding hydrogens is 306 g/mol. The normalized spacial score (nSPS) is 11.2. The summed E-state index contributed by atoms with van der Waals surface area (Å²) in [6, 6.07) is 1.62. The number of ketones is 1. The summed E-state index contributed by atoms with van der Waals surface area (Å²) in [6.45, 7) is 0. The number of carbonyl (C=O) groups excluding carboxylic acids is 1. The van der Waals surface area contributed by atoms with Crippen molar-refractivity contribution in [3.63, 3.8) is 0 Å². The van der Waals surface area contributed by atoms with Crippen molar-refractivity contribution in [2.75, 3.05) is 0 Å². The Hall–Kier alpha value is -1.79. The summed E-state index contributed by atoms with van der Waals surface area (Å²) >= 11 is 6.88. The van der Waals surface area contributed by atoms with Crippen LogP contribution in [0.25, 0.3) is 4.96 Å². The number of benzene rings is 1. The van der Waals surface area contributed by atoms with E-state index in [4.69, 9.17) is 11.6 Å². The molecule has 0 saturated carbocycles. The SMILES string of the molecule is O=C(Cc1cn2ccsc2n1)c1cc(F)c(Cl)cc1F. The number of Topliss-reactive ketones (excluding diaryl/α,β-unsaturated/α-hetero) is 1. The molecule has 0 radical (unpaired) electrons. The first-order valence-electron chi connectivity index (χ1n) is 5.63. The van der Waals surface area contributed by atoms with Gasteiger partial charge in [0.25, 0.3) is 0 Å². The second-order valence-corrected chi connectivity index (χ2v) is 5.45. The van der Waals surface area contributed by atoms with E-state index in [0.29, 0.717) is 5.69 Å². The van der Waals surface area contributed by atoms with Crippen LogP contribution in [-0.2, 0) is 6.42 Å². The Morgan fingerprint density at radius 3 is 2.90 bits per heavy atom. The van der Waals surface area contributed by atoms with Crippen LogP contribution in [0.3, 0.4) is 0 Å². The average Bonchev–Trinajstić information content (AvgIpc) is 2.94. The minimum absolute atomic E-state index is 0.0909. The van der Waals surface area contributed by atoms with Gasteiger partial charge in [0, 0.05) is 17.8 Å². The number of aromatic nitrogens is 2. The van der Waals surface area contributed by atoms with Crippen molar-refractivity contribution < 1.29 is 13.6 Å². The maximum absolute atomic E-state index is 13.6. The van der Waals surface area contributed by atoms with Gasteiger partial charge >= 0.3 is 0 Å². The lowest BCUT2D eigenvalue weighted by molar-refractivity contribution is 0.0987. The summed E-state index contributed by atoms with van der Waals surface area (Å²) in [5.74, 6) is -2.19. The molecule has 0 saturated heterocycles. The molecule has 0 unspecified atom stereocenters. The fourth-order valence-corrected chi connectivity index (χ4v) is 2.73. The molecule has 0 aliphatic heterocycles. The lowest BCUT2D eigenvalue weighted by Gasteiger charge is -2.02. The minimum Gasteiger partial charge on any atom is -0.297 e. The summed E-state index contributed by atoms with van der Waals surface area (Å²) in [5.41, 5.74) is 0.194. The van der Waals surface area contributed by atoms with Crippen LogP contribution in [0, 0.1) is 11.6 Å². The van der Waals surface area contributed by atoms with Crippen molar-refractivity contribution in [2.24, 2.45) is 0 Å². The van der Waals surface area contributed by atoms with Crippen LogP contribution in [-0.4, -0.2) is 15.2 Å². The van der Waals surface area contributed by atoms with Gasteiger partial charge in [0.15, 0.2) is 10.7 Å². The number of fused-ring (bicyclic) bond motifs is 1. The Morgan fingerprint density at radius 2 is 2.15 bits per heavy atom. The van der Waals surface area contributed by atoms with E-state index in [9.17, 15) is 13.6 Å². The first kappa shape index (κ1) is 13.2. The zero-order valence-electron chi connectivity index (χ0n) is 9.94. The van der Waals surface area contributed by atoms with E-state index in [1.807, 2.05) is 11.6 Å². The second kappa shape index (κ2) is 4.96. The van der Waals surface area contributed by atoms with E-state index >= 15 is 0 Å². The maximum Gasteiger partial charge on any atom is 0.193 e. The molecule has 0 amide bonds. The van der Waals surface area contributed by atoms with Gasteiger partial charge in [0.05, 0.1) is 22.7 Å². The van der Waals surface area contributed by atoms with Gasteiger partial charge in [-0.2, -0.15) is 0 Å². The lowest BCUT2D eigenvalue weighted by Crippen LogP contribution is -2.07. The molecule has 102 valence electrons. The third-order valence-corrected chi connectivity index (χ3v) is 3.86. The Kier molecular flexibility index (Phi) is 3.27. The van der Waals surface area contributed by atoms with Gasteiger partial charge in [-0.3, -0.25) is 9.20 Å². The molecular formula is C13H7ClF2N2OS. The molecule has 0 N–H and O–H groups in total. The predicted octanol–water partition coefficient (Wildman–Crippen LogP) is 3.75. The Balaban J connectivity index is 1.89. The highest BCUT2D eigenvalue weighted by atomic mass is 35.5. The van der Waals surface area contributed by atoms with Crippen LogP contribution in [0.5, 0.6) is 0 Å². The third kappa shape index (κ3) is 2.32. The summed E-state index contributed by atoms with van der Waals surface area (Å²) < 4.78 is 28.7. The van der Waals surface area contributed by atoms with Crippen molar-refractivity contribution in [2.45, 2.75) is 6.42 Å². The topological polar surface area (TPSA) is 34.4 Å². The van der Waals surface area contributed by atoms with Crippen molar-refractivity contribution in [1.29, 1.82) is 0 Å². The van der Waals surface area contributed by atoms with Crippen LogP contribution in [0.4, 0.5) is 8.78 Å². The molecule has 0 fully saturated rings. The van der Waals surface area contributed by atoms with Gasteiger partial charge in [0.2, 0.25) is 0 Å². The Bertz CT molecular complexity index is 783. The molecule has 3 aromatic rings. The van der Waals surface area contributed by atoms with Crippen LogP contribution in [0.1, 0.15) is 16.1 Å². The molecule has 2 heterocycles. The molecule has 3 rings (SSSR count). The van der Waals surface area contributed by atoms with Crippen molar-refractivity contribution >= 4 is 33.7 Å². The van der Waals surface area contributed by atoms with Crippen LogP contribution < -0.4 is 0 Å². The molecule has 1 aromatic carbocycles. The summed E-state index contributed by atoms with van der Waals surface area (Å²) in [6.07, 6.45) is 3.41. The van der Waals surface area contributed by atoms with E-state index < -0.39 is 17.4 Å². The number of hydrogen-bond acceptors (Lipinski definition) is 3. The molecule has 0 bridgehead atoms. The third-order valence-electron chi connectivity index (χ3n) is 2.80. The van der Waals surface area contributed by atoms with E-state index in [2.05, 4.69) is 4.98 Å². The number of rotatable bonds is 3. The highest BCUT2D eigenvalue weighted by molar-refractivity contribution is 7.15. The van der Waals surface area contributed by atoms with E-state index in [-0.39, 0.29) is 17.0 Å². The standard InChI is InChI=1S/C13H7ClF2N2OS/c14-9-5-10(15)8(4-11(9)16)12(19)3-7-6-18-1-2-20-13(18)17-7/h1-2,4-6H,3H2. The second-order valence-electron chi connectivity index (χ2n) is 4.17. The number of imidazole rings is 1. The largest absolute Gasteiger partial charge is 0.297 e. The highest BCUT2D eigenvalue weighted by Crippen LogP contribution is 2.21. The molecule has 0 atom stereocenters. The Labute approximate surface area is 121 Å². The Morgan fingerprint density at radius 1 is 1.35 bits per heavy atom. The fraction of sp³-hybridized carbons (Fsp3) is 0.0769. The molecule has 20 heavy (non-hydrogen) atoms. The van der Waals surface area contributed by atoms with Gasteiger partial charge in [-0.25, -0.2) is 13.8 Å². The lowest BCUT2D eigenvalue weighted by atomic mass is 10.1. The first-order valence-corrected chi connectivity index (χ1v) is 6.89. The maximum atomic E-state index is 13.6. The number of nitrogens with zero attached hydrogens (tertiary/aromatic N) is 2. The molecule has 0 aliphatic carbocycles. The molecule has 7 heteroatoms. The van der Waals surface area contributed by atoms with E-state index in [0.717, 1.165) is 17.1 Å². The quantitative estimate of drug-likeness (QED) is 0.545. The van der Waals surface area contributed by atoms with Crippen LogP contribution in [0.2, 0.25) is 5.02 Å². The van der Waals surface area contributed by atoms with Crippen LogP contribution in [0.15, 0.2) is 29.9 Å². The monoisotopic (exact) mass is 312 g/mol. The molecule has 0 aliphatic rings. The van der Waals surface area contributed by atoms with Crippen molar-refractivity contribution in [3.8, 4) is 0 Å². The molecule has 2 aromatic heterocycles. The van der Waals surface area contributed by atoms with Crippen molar-refractivity contribution in [1.82, 2.24) is 9.38 Å². The van der Waals surface area contributed by atoms with Gasteiger partial charge in [0.1, 0.15) is 11.6 Å². The molecule has 0 spiro atoms. The van der Waals surface area contributed by atoms with E-state index in [1.54, 1.807) is 10.6 Å². The minimum atomic E-state index is -0.831.